The van der Waals surface area contributed by atoms with Gasteiger partial charge in [-0.1, -0.05) is 233 Å². The Hall–Kier alpha value is -8.08. The Labute approximate surface area is 389 Å². The lowest BCUT2D eigenvalue weighted by atomic mass is 9.70. The first-order valence-electron chi connectivity index (χ1n) is 22.8. The Balaban J connectivity index is 1.03. The van der Waals surface area contributed by atoms with Gasteiger partial charge in [0.05, 0.1) is 22.8 Å². The fourth-order valence-corrected chi connectivity index (χ4v) is 8.78. The van der Waals surface area contributed by atoms with Crippen LogP contribution in [0.25, 0.3) is 84.4 Å². The van der Waals surface area contributed by atoms with E-state index in [9.17, 15) is 0 Å². The predicted octanol–water partition coefficient (Wildman–Crippen LogP) is 16.2. The summed E-state index contributed by atoms with van der Waals surface area (Å²) in [5.74, 6) is 1.36. The summed E-state index contributed by atoms with van der Waals surface area (Å²) < 4.78 is 0. The van der Waals surface area contributed by atoms with E-state index < -0.39 is 0 Å². The van der Waals surface area contributed by atoms with Crippen molar-refractivity contribution in [2.24, 2.45) is 0 Å². The quantitative estimate of drug-likeness (QED) is 0.102. The molecule has 320 valence electrons. The highest BCUT2D eigenvalue weighted by atomic mass is 14.9. The third-order valence-electron chi connectivity index (χ3n) is 12.6. The molecule has 66 heavy (non-hydrogen) atoms. The molecule has 0 saturated heterocycles. The molecule has 4 heteroatoms. The molecular formula is C62H52N4. The van der Waals surface area contributed by atoms with E-state index in [0.29, 0.717) is 11.6 Å². The van der Waals surface area contributed by atoms with Gasteiger partial charge in [-0.3, -0.25) is 0 Å². The van der Waals surface area contributed by atoms with Crippen LogP contribution in [0.15, 0.2) is 231 Å². The van der Waals surface area contributed by atoms with Crippen molar-refractivity contribution in [2.75, 3.05) is 0 Å². The standard InChI is InChI=1S/C62H52N4/c1-5-8-12-19-44(4)56-42-57(64-60(63-56)52-30-26-47(27-31-52)45-20-13-9-14-21-45)50-34-38-54(39-35-50)62(6-2,7-3)55-40-36-51(37-41-55)59-43-58(49-24-17-11-18-25-49)65-61(66-59)53-32-28-48(29-33-53)46-22-15-10-16-23-46/h5,8-43H,4,6-7H2,1-3H3/b8-5-,19-12-. The third-order valence-corrected chi connectivity index (χ3v) is 12.6. The molecule has 7 aromatic carbocycles. The molecule has 0 bridgehead atoms. The van der Waals surface area contributed by atoms with Crippen molar-refractivity contribution in [1.29, 1.82) is 0 Å². The van der Waals surface area contributed by atoms with E-state index in [0.717, 1.165) is 80.1 Å². The van der Waals surface area contributed by atoms with E-state index in [1.165, 1.54) is 22.3 Å². The van der Waals surface area contributed by atoms with Crippen LogP contribution < -0.4 is 0 Å². The molecule has 0 saturated carbocycles. The van der Waals surface area contributed by atoms with Crippen molar-refractivity contribution >= 4 is 5.57 Å². The van der Waals surface area contributed by atoms with Crippen LogP contribution >= 0.6 is 0 Å². The minimum absolute atomic E-state index is 0.196. The van der Waals surface area contributed by atoms with Crippen molar-refractivity contribution < 1.29 is 0 Å². The third kappa shape index (κ3) is 9.27. The Morgan fingerprint density at radius 2 is 0.758 bits per heavy atom. The zero-order valence-corrected chi connectivity index (χ0v) is 37.8. The molecule has 0 aliphatic heterocycles. The van der Waals surface area contributed by atoms with Gasteiger partial charge in [0.1, 0.15) is 0 Å². The van der Waals surface area contributed by atoms with Crippen LogP contribution in [0.1, 0.15) is 50.4 Å². The average Bonchev–Trinajstić information content (AvgIpc) is 3.40. The van der Waals surface area contributed by atoms with Crippen LogP contribution in [-0.4, -0.2) is 19.9 Å². The van der Waals surface area contributed by atoms with E-state index in [-0.39, 0.29) is 5.41 Å². The molecule has 0 unspecified atom stereocenters. The van der Waals surface area contributed by atoms with Crippen molar-refractivity contribution in [3.63, 3.8) is 0 Å². The molecule has 9 rings (SSSR count). The normalized spacial score (nSPS) is 11.6. The van der Waals surface area contributed by atoms with Crippen LogP contribution in [0.3, 0.4) is 0 Å². The fourth-order valence-electron chi connectivity index (χ4n) is 8.78. The Kier molecular flexibility index (Phi) is 12.9. The maximum atomic E-state index is 5.17. The van der Waals surface area contributed by atoms with Crippen LogP contribution in [-0.2, 0) is 5.41 Å². The lowest BCUT2D eigenvalue weighted by Crippen LogP contribution is -2.26. The van der Waals surface area contributed by atoms with Gasteiger partial charge < -0.3 is 0 Å². The van der Waals surface area contributed by atoms with Crippen LogP contribution in [0.4, 0.5) is 0 Å². The first kappa shape index (κ1) is 43.2. The van der Waals surface area contributed by atoms with Gasteiger partial charge in [0.2, 0.25) is 0 Å². The first-order valence-corrected chi connectivity index (χ1v) is 22.8. The van der Waals surface area contributed by atoms with Gasteiger partial charge in [0.25, 0.3) is 0 Å². The summed E-state index contributed by atoms with van der Waals surface area (Å²) in [4.78, 5) is 20.4. The molecule has 0 spiro atoms. The van der Waals surface area contributed by atoms with Gasteiger partial charge in [0, 0.05) is 33.2 Å². The van der Waals surface area contributed by atoms with Gasteiger partial charge >= 0.3 is 0 Å². The highest BCUT2D eigenvalue weighted by Crippen LogP contribution is 2.41. The topological polar surface area (TPSA) is 51.6 Å². The summed E-state index contributed by atoms with van der Waals surface area (Å²) in [5.41, 5.74) is 16.3. The summed E-state index contributed by atoms with van der Waals surface area (Å²) in [7, 11) is 0. The molecule has 0 amide bonds. The maximum Gasteiger partial charge on any atom is 0.160 e. The molecule has 2 heterocycles. The molecule has 0 N–H and O–H groups in total. The average molecular weight is 853 g/mol. The second-order valence-corrected chi connectivity index (χ2v) is 16.5. The van der Waals surface area contributed by atoms with Gasteiger partial charge in [-0.2, -0.15) is 0 Å². The minimum Gasteiger partial charge on any atom is -0.228 e. The van der Waals surface area contributed by atoms with Crippen molar-refractivity contribution in [3.8, 4) is 78.8 Å². The lowest BCUT2D eigenvalue weighted by Gasteiger charge is -2.33. The highest BCUT2D eigenvalue weighted by molar-refractivity contribution is 5.77. The second-order valence-electron chi connectivity index (χ2n) is 16.5. The summed E-state index contributed by atoms with van der Waals surface area (Å²) in [5, 5.41) is 0. The summed E-state index contributed by atoms with van der Waals surface area (Å²) in [6, 6.07) is 70.3. The second kappa shape index (κ2) is 19.8. The number of aromatic nitrogens is 4. The van der Waals surface area contributed by atoms with Gasteiger partial charge in [-0.05, 0) is 70.9 Å². The van der Waals surface area contributed by atoms with Crippen LogP contribution in [0.5, 0.6) is 0 Å². The molecule has 9 aromatic rings. The van der Waals surface area contributed by atoms with E-state index in [1.54, 1.807) is 0 Å². The van der Waals surface area contributed by atoms with E-state index >= 15 is 0 Å². The molecule has 0 atom stereocenters. The lowest BCUT2D eigenvalue weighted by molar-refractivity contribution is 0.478. The zero-order valence-electron chi connectivity index (χ0n) is 37.8. The van der Waals surface area contributed by atoms with Gasteiger partial charge in [-0.15, -0.1) is 0 Å². The first-order chi connectivity index (χ1) is 32.4. The summed E-state index contributed by atoms with van der Waals surface area (Å²) >= 11 is 0. The number of rotatable bonds is 14. The van der Waals surface area contributed by atoms with Gasteiger partial charge in [0.15, 0.2) is 11.6 Å². The predicted molar refractivity (Wildman–Crippen MR) is 276 cm³/mol. The monoisotopic (exact) mass is 852 g/mol. The molecular weight excluding hydrogens is 801 g/mol. The number of benzene rings is 7. The SMILES string of the molecule is C=C(/C=C\C=C/C)c1cc(-c2ccc(C(CC)(CC)c3ccc(-c4cc(-c5ccccc5)nc(-c5ccc(-c6ccccc6)cc5)n4)cc3)cc2)nc(-c2ccc(-c3ccccc3)cc2)n1. The van der Waals surface area contributed by atoms with Crippen molar-refractivity contribution in [1.82, 2.24) is 19.9 Å². The van der Waals surface area contributed by atoms with Crippen LogP contribution in [0, 0.1) is 0 Å². The van der Waals surface area contributed by atoms with Crippen LogP contribution in [0.2, 0.25) is 0 Å². The number of hydrogen-bond acceptors (Lipinski definition) is 4. The molecule has 0 radical (unpaired) electrons. The zero-order chi connectivity index (χ0) is 45.3. The molecule has 0 fully saturated rings. The van der Waals surface area contributed by atoms with E-state index in [4.69, 9.17) is 19.9 Å². The Morgan fingerprint density at radius 1 is 0.409 bits per heavy atom. The van der Waals surface area contributed by atoms with Crippen molar-refractivity contribution in [3.05, 3.63) is 248 Å². The Bertz CT molecular complexity index is 3110. The Morgan fingerprint density at radius 3 is 1.18 bits per heavy atom. The number of allylic oxidation sites excluding steroid dienone is 5. The molecule has 2 aromatic heterocycles. The fraction of sp³-hybridized carbons (Fsp3) is 0.0968. The minimum atomic E-state index is -0.196. The smallest absolute Gasteiger partial charge is 0.160 e. The molecule has 4 nitrogen and oxygen atoms in total. The highest BCUT2D eigenvalue weighted by Gasteiger charge is 2.31. The van der Waals surface area contributed by atoms with E-state index in [1.807, 2.05) is 55.5 Å². The van der Waals surface area contributed by atoms with Crippen molar-refractivity contribution in [2.45, 2.75) is 39.0 Å². The summed E-state index contributed by atoms with van der Waals surface area (Å²) in [6.45, 7) is 11.0. The largest absolute Gasteiger partial charge is 0.228 e. The number of hydrogen-bond donors (Lipinski definition) is 0. The maximum absolute atomic E-state index is 5.17. The number of nitrogens with zero attached hydrogens (tertiary/aromatic N) is 4. The van der Waals surface area contributed by atoms with E-state index in [2.05, 4.69) is 196 Å². The summed E-state index contributed by atoms with van der Waals surface area (Å²) in [6.07, 6.45) is 9.87. The van der Waals surface area contributed by atoms with Gasteiger partial charge in [-0.25, -0.2) is 19.9 Å². The molecule has 0 aliphatic rings. The molecule has 0 aliphatic carbocycles.